The average Bonchev–Trinajstić information content (AvgIpc) is 3.23. The summed E-state index contributed by atoms with van der Waals surface area (Å²) < 4.78 is 5.44. The van der Waals surface area contributed by atoms with Crippen molar-refractivity contribution < 1.29 is 14.3 Å². The molecule has 27 heavy (non-hydrogen) atoms. The fourth-order valence-electron chi connectivity index (χ4n) is 3.22. The number of piperidine rings is 1. The van der Waals surface area contributed by atoms with E-state index >= 15 is 0 Å². The second kappa shape index (κ2) is 8.90. The van der Waals surface area contributed by atoms with E-state index in [1.165, 1.54) is 11.3 Å². The standard InChI is InChI=1S/C20H25N3O3S/c1-14(21-20(25)18-8-5-13-27-18)19(24)22-15-9-11-23(12-10-15)16-6-3-4-7-17(16)26-2/h3-8,13-15H,9-12H2,1-2H3,(H,21,25)(H,22,24). The van der Waals surface area contributed by atoms with Gasteiger partial charge < -0.3 is 20.3 Å². The fraction of sp³-hybridized carbons (Fsp3) is 0.400. The van der Waals surface area contributed by atoms with Gasteiger partial charge in [0.2, 0.25) is 5.91 Å². The Morgan fingerprint density at radius 2 is 1.93 bits per heavy atom. The molecule has 2 heterocycles. The summed E-state index contributed by atoms with van der Waals surface area (Å²) in [7, 11) is 1.68. The molecular formula is C20H25N3O3S. The van der Waals surface area contributed by atoms with E-state index in [4.69, 9.17) is 4.74 Å². The molecule has 1 saturated heterocycles. The van der Waals surface area contributed by atoms with Gasteiger partial charge in [-0.1, -0.05) is 18.2 Å². The van der Waals surface area contributed by atoms with E-state index in [1.54, 1.807) is 20.1 Å². The number of nitrogens with one attached hydrogen (secondary N) is 2. The van der Waals surface area contributed by atoms with Crippen LogP contribution < -0.4 is 20.3 Å². The molecule has 2 aromatic rings. The molecule has 1 aromatic carbocycles. The number of hydrogen-bond donors (Lipinski definition) is 2. The fourth-order valence-corrected chi connectivity index (χ4v) is 3.85. The van der Waals surface area contributed by atoms with Crippen LogP contribution in [-0.2, 0) is 4.79 Å². The number of amides is 2. The van der Waals surface area contributed by atoms with E-state index in [-0.39, 0.29) is 17.9 Å². The number of thiophene rings is 1. The summed E-state index contributed by atoms with van der Waals surface area (Å²) in [5.41, 5.74) is 1.08. The van der Waals surface area contributed by atoms with Crippen molar-refractivity contribution in [1.29, 1.82) is 0 Å². The number of ether oxygens (including phenoxy) is 1. The van der Waals surface area contributed by atoms with E-state index in [0.717, 1.165) is 37.4 Å². The first-order valence-electron chi connectivity index (χ1n) is 9.11. The second-order valence-corrected chi connectivity index (χ2v) is 7.56. The molecule has 1 aliphatic rings. The molecule has 1 unspecified atom stereocenters. The zero-order chi connectivity index (χ0) is 19.2. The summed E-state index contributed by atoms with van der Waals surface area (Å²) in [6.07, 6.45) is 1.71. The maximum Gasteiger partial charge on any atom is 0.261 e. The first kappa shape index (κ1) is 19.2. The first-order valence-corrected chi connectivity index (χ1v) is 9.99. The quantitative estimate of drug-likeness (QED) is 0.799. The molecule has 144 valence electrons. The van der Waals surface area contributed by atoms with Gasteiger partial charge in [0.25, 0.3) is 5.91 Å². The average molecular weight is 388 g/mol. The Morgan fingerprint density at radius 3 is 2.59 bits per heavy atom. The Morgan fingerprint density at radius 1 is 1.19 bits per heavy atom. The first-order chi connectivity index (χ1) is 13.1. The Labute approximate surface area is 163 Å². The zero-order valence-corrected chi connectivity index (χ0v) is 16.4. The minimum absolute atomic E-state index is 0.115. The zero-order valence-electron chi connectivity index (χ0n) is 15.6. The molecule has 1 aromatic heterocycles. The van der Waals surface area contributed by atoms with Crippen molar-refractivity contribution in [2.45, 2.75) is 31.8 Å². The van der Waals surface area contributed by atoms with Crippen molar-refractivity contribution in [3.63, 3.8) is 0 Å². The summed E-state index contributed by atoms with van der Waals surface area (Å²) >= 11 is 1.36. The lowest BCUT2D eigenvalue weighted by molar-refractivity contribution is -0.123. The van der Waals surface area contributed by atoms with Gasteiger partial charge in [0.1, 0.15) is 11.8 Å². The lowest BCUT2D eigenvalue weighted by atomic mass is 10.0. The second-order valence-electron chi connectivity index (χ2n) is 6.61. The molecule has 1 fully saturated rings. The number of hydrogen-bond acceptors (Lipinski definition) is 5. The number of anilines is 1. The summed E-state index contributed by atoms with van der Waals surface area (Å²) in [5.74, 6) is 0.513. The maximum absolute atomic E-state index is 12.4. The normalized spacial score (nSPS) is 15.9. The highest BCUT2D eigenvalue weighted by atomic mass is 32.1. The number of methoxy groups -OCH3 is 1. The van der Waals surface area contributed by atoms with Crippen molar-refractivity contribution in [3.8, 4) is 5.75 Å². The monoisotopic (exact) mass is 387 g/mol. The van der Waals surface area contributed by atoms with Crippen molar-refractivity contribution in [2.75, 3.05) is 25.1 Å². The van der Waals surface area contributed by atoms with Crippen LogP contribution in [0.1, 0.15) is 29.4 Å². The largest absolute Gasteiger partial charge is 0.495 e. The Bertz CT molecular complexity index is 771. The van der Waals surface area contributed by atoms with Crippen LogP contribution >= 0.6 is 11.3 Å². The van der Waals surface area contributed by atoms with Crippen molar-refractivity contribution >= 4 is 28.8 Å². The van der Waals surface area contributed by atoms with Gasteiger partial charge in [-0.3, -0.25) is 9.59 Å². The summed E-state index contributed by atoms with van der Waals surface area (Å²) in [5, 5.41) is 7.66. The molecule has 0 saturated carbocycles. The van der Waals surface area contributed by atoms with Gasteiger partial charge in [-0.15, -0.1) is 11.3 Å². The van der Waals surface area contributed by atoms with Crippen LogP contribution in [0.25, 0.3) is 0 Å². The Hall–Kier alpha value is -2.54. The number of para-hydroxylation sites is 2. The number of benzene rings is 1. The van der Waals surface area contributed by atoms with E-state index in [0.29, 0.717) is 4.88 Å². The van der Waals surface area contributed by atoms with Crippen LogP contribution in [-0.4, -0.2) is 44.1 Å². The third-order valence-corrected chi connectivity index (χ3v) is 5.62. The van der Waals surface area contributed by atoms with Gasteiger partial charge in [-0.05, 0) is 43.3 Å². The van der Waals surface area contributed by atoms with E-state index in [1.807, 2.05) is 29.6 Å². The molecule has 6 nitrogen and oxygen atoms in total. The number of rotatable bonds is 6. The number of carbonyl (C=O) groups is 2. The van der Waals surface area contributed by atoms with Crippen molar-refractivity contribution in [2.24, 2.45) is 0 Å². The Balaban J connectivity index is 1.48. The summed E-state index contributed by atoms with van der Waals surface area (Å²) in [6.45, 7) is 3.41. The lowest BCUT2D eigenvalue weighted by Crippen LogP contribution is -2.51. The van der Waals surface area contributed by atoms with Crippen molar-refractivity contribution in [3.05, 3.63) is 46.7 Å². The molecule has 2 amide bonds. The molecule has 0 bridgehead atoms. The van der Waals surface area contributed by atoms with Gasteiger partial charge >= 0.3 is 0 Å². The molecule has 2 N–H and O–H groups in total. The minimum atomic E-state index is -0.563. The molecule has 3 rings (SSSR count). The molecular weight excluding hydrogens is 362 g/mol. The van der Waals surface area contributed by atoms with Gasteiger partial charge in [0, 0.05) is 19.1 Å². The highest BCUT2D eigenvalue weighted by Crippen LogP contribution is 2.29. The van der Waals surface area contributed by atoms with Gasteiger partial charge in [0.05, 0.1) is 17.7 Å². The lowest BCUT2D eigenvalue weighted by Gasteiger charge is -2.35. The van der Waals surface area contributed by atoms with Crippen LogP contribution in [0.3, 0.4) is 0 Å². The highest BCUT2D eigenvalue weighted by Gasteiger charge is 2.25. The molecule has 0 radical (unpaired) electrons. The van der Waals surface area contributed by atoms with Crippen molar-refractivity contribution in [1.82, 2.24) is 10.6 Å². The van der Waals surface area contributed by atoms with Crippen LogP contribution in [0.4, 0.5) is 5.69 Å². The van der Waals surface area contributed by atoms with Crippen LogP contribution in [0.5, 0.6) is 5.75 Å². The topological polar surface area (TPSA) is 70.7 Å². The molecule has 0 aliphatic carbocycles. The SMILES string of the molecule is COc1ccccc1N1CCC(NC(=O)C(C)NC(=O)c2cccs2)CC1. The van der Waals surface area contributed by atoms with Gasteiger partial charge in [-0.2, -0.15) is 0 Å². The molecule has 1 aliphatic heterocycles. The van der Waals surface area contributed by atoms with Crippen LogP contribution in [0.2, 0.25) is 0 Å². The summed E-state index contributed by atoms with van der Waals surface area (Å²) in [6, 6.07) is 11.1. The number of nitrogens with zero attached hydrogens (tertiary/aromatic N) is 1. The van der Waals surface area contributed by atoms with E-state index < -0.39 is 6.04 Å². The smallest absolute Gasteiger partial charge is 0.261 e. The third kappa shape index (κ3) is 4.80. The molecule has 7 heteroatoms. The Kier molecular flexibility index (Phi) is 6.34. The predicted molar refractivity (Wildman–Crippen MR) is 108 cm³/mol. The van der Waals surface area contributed by atoms with E-state index in [9.17, 15) is 9.59 Å². The maximum atomic E-state index is 12.4. The highest BCUT2D eigenvalue weighted by molar-refractivity contribution is 7.12. The minimum Gasteiger partial charge on any atom is -0.495 e. The third-order valence-electron chi connectivity index (χ3n) is 4.75. The van der Waals surface area contributed by atoms with Gasteiger partial charge in [-0.25, -0.2) is 0 Å². The predicted octanol–water partition coefficient (Wildman–Crippen LogP) is 2.66. The molecule has 0 spiro atoms. The van der Waals surface area contributed by atoms with Gasteiger partial charge in [0.15, 0.2) is 0 Å². The molecule has 1 atom stereocenters. The van der Waals surface area contributed by atoms with Crippen LogP contribution in [0.15, 0.2) is 41.8 Å². The summed E-state index contributed by atoms with van der Waals surface area (Å²) in [4.78, 5) is 27.4. The van der Waals surface area contributed by atoms with Crippen LogP contribution in [0, 0.1) is 0 Å². The van der Waals surface area contributed by atoms with E-state index in [2.05, 4.69) is 21.6 Å². The number of carbonyl (C=O) groups excluding carboxylic acids is 2.